The van der Waals surface area contributed by atoms with Crippen molar-refractivity contribution in [3.8, 4) is 0 Å². The van der Waals surface area contributed by atoms with Gasteiger partial charge in [0.05, 0.1) is 10.6 Å². The second-order valence-corrected chi connectivity index (χ2v) is 5.22. The van der Waals surface area contributed by atoms with E-state index in [0.717, 1.165) is 12.0 Å². The van der Waals surface area contributed by atoms with Gasteiger partial charge >= 0.3 is 0 Å². The Hall–Kier alpha value is -1.80. The van der Waals surface area contributed by atoms with Crippen LogP contribution in [0.4, 0.5) is 0 Å². The fourth-order valence-electron chi connectivity index (χ4n) is 2.07. The normalized spacial score (nSPS) is 10.3. The number of hydrogen-bond acceptors (Lipinski definition) is 1. The van der Waals surface area contributed by atoms with Crippen LogP contribution in [0.25, 0.3) is 0 Å². The van der Waals surface area contributed by atoms with Crippen molar-refractivity contribution in [3.63, 3.8) is 0 Å². The molecule has 0 saturated carbocycles. The van der Waals surface area contributed by atoms with Crippen molar-refractivity contribution < 1.29 is 4.79 Å². The number of benzene rings is 2. The lowest BCUT2D eigenvalue weighted by Crippen LogP contribution is -2.26. The van der Waals surface area contributed by atoms with E-state index in [2.05, 4.69) is 31.2 Å². The average molecular weight is 288 g/mol. The van der Waals surface area contributed by atoms with Gasteiger partial charge in [0.2, 0.25) is 0 Å². The molecule has 2 rings (SSSR count). The van der Waals surface area contributed by atoms with Crippen LogP contribution in [0.5, 0.6) is 0 Å². The molecular weight excluding hydrogens is 270 g/mol. The molecule has 2 nitrogen and oxygen atoms in total. The van der Waals surface area contributed by atoms with Crippen LogP contribution in [0, 0.1) is 0 Å². The van der Waals surface area contributed by atoms with E-state index in [0.29, 0.717) is 17.1 Å². The van der Waals surface area contributed by atoms with Gasteiger partial charge in [-0.1, -0.05) is 54.9 Å². The van der Waals surface area contributed by atoms with Crippen LogP contribution in [0.2, 0.25) is 5.02 Å². The minimum absolute atomic E-state index is 0.0600. The Morgan fingerprint density at radius 3 is 2.25 bits per heavy atom. The summed E-state index contributed by atoms with van der Waals surface area (Å²) < 4.78 is 0. The van der Waals surface area contributed by atoms with Crippen LogP contribution >= 0.6 is 11.6 Å². The smallest absolute Gasteiger partial charge is 0.255 e. The predicted octanol–water partition coefficient (Wildman–Crippen LogP) is 4.17. The molecule has 0 unspecified atom stereocenters. The largest absolute Gasteiger partial charge is 0.337 e. The van der Waals surface area contributed by atoms with Gasteiger partial charge in [-0.3, -0.25) is 4.79 Å². The molecule has 0 aromatic heterocycles. The summed E-state index contributed by atoms with van der Waals surface area (Å²) in [6.45, 7) is 2.70. The van der Waals surface area contributed by atoms with Crippen molar-refractivity contribution in [1.82, 2.24) is 4.90 Å². The molecule has 2 aromatic rings. The Balaban J connectivity index is 2.09. The summed E-state index contributed by atoms with van der Waals surface area (Å²) in [5.41, 5.74) is 2.96. The fourth-order valence-corrected chi connectivity index (χ4v) is 2.28. The molecule has 0 aliphatic rings. The molecule has 0 aliphatic heterocycles. The average Bonchev–Trinajstić information content (AvgIpc) is 2.48. The lowest BCUT2D eigenvalue weighted by molar-refractivity contribution is 0.0785. The molecule has 0 heterocycles. The number of halogens is 1. The number of rotatable bonds is 4. The first-order valence-corrected chi connectivity index (χ1v) is 7.07. The number of hydrogen-bond donors (Lipinski definition) is 0. The molecule has 0 radical (unpaired) electrons. The van der Waals surface area contributed by atoms with Crippen molar-refractivity contribution >= 4 is 17.5 Å². The molecular formula is C17H18ClNO. The van der Waals surface area contributed by atoms with Crippen LogP contribution in [0.15, 0.2) is 48.5 Å². The lowest BCUT2D eigenvalue weighted by Gasteiger charge is -2.18. The first-order valence-electron chi connectivity index (χ1n) is 6.69. The van der Waals surface area contributed by atoms with Gasteiger partial charge in [-0.15, -0.1) is 0 Å². The third kappa shape index (κ3) is 3.40. The quantitative estimate of drug-likeness (QED) is 0.826. The number of carbonyl (C=O) groups excluding carboxylic acids is 1. The Morgan fingerprint density at radius 2 is 1.65 bits per heavy atom. The summed E-state index contributed by atoms with van der Waals surface area (Å²) in [7, 11) is 1.79. The first-order chi connectivity index (χ1) is 9.61. The van der Waals surface area contributed by atoms with Gasteiger partial charge in [-0.25, -0.2) is 0 Å². The number of carbonyl (C=O) groups is 1. The molecule has 0 atom stereocenters. The zero-order chi connectivity index (χ0) is 14.5. The highest BCUT2D eigenvalue weighted by molar-refractivity contribution is 6.33. The summed E-state index contributed by atoms with van der Waals surface area (Å²) in [4.78, 5) is 14.0. The molecule has 3 heteroatoms. The number of nitrogens with zero attached hydrogens (tertiary/aromatic N) is 1. The monoisotopic (exact) mass is 287 g/mol. The van der Waals surface area contributed by atoms with Gasteiger partial charge in [0.15, 0.2) is 0 Å². The molecule has 0 N–H and O–H groups in total. The maximum Gasteiger partial charge on any atom is 0.255 e. The third-order valence-electron chi connectivity index (χ3n) is 3.30. The van der Waals surface area contributed by atoms with E-state index >= 15 is 0 Å². The summed E-state index contributed by atoms with van der Waals surface area (Å²) in [5, 5.41) is 0.491. The molecule has 1 amide bonds. The van der Waals surface area contributed by atoms with E-state index in [1.165, 1.54) is 5.56 Å². The minimum Gasteiger partial charge on any atom is -0.337 e. The third-order valence-corrected chi connectivity index (χ3v) is 3.63. The molecule has 104 valence electrons. The van der Waals surface area contributed by atoms with Crippen LogP contribution in [-0.2, 0) is 13.0 Å². The van der Waals surface area contributed by atoms with Crippen LogP contribution in [0.1, 0.15) is 28.4 Å². The number of aryl methyl sites for hydroxylation is 1. The lowest BCUT2D eigenvalue weighted by atomic mass is 10.1. The predicted molar refractivity (Wildman–Crippen MR) is 83.1 cm³/mol. The zero-order valence-electron chi connectivity index (χ0n) is 11.8. The van der Waals surface area contributed by atoms with Crippen molar-refractivity contribution in [1.29, 1.82) is 0 Å². The molecule has 0 fully saturated rings. The topological polar surface area (TPSA) is 20.3 Å². The summed E-state index contributed by atoms with van der Waals surface area (Å²) in [6.07, 6.45) is 1.02. The van der Waals surface area contributed by atoms with E-state index in [1.807, 2.05) is 12.1 Å². The maximum absolute atomic E-state index is 12.3. The molecule has 0 aliphatic carbocycles. The highest BCUT2D eigenvalue weighted by atomic mass is 35.5. The second kappa shape index (κ2) is 6.58. The van der Waals surface area contributed by atoms with Gasteiger partial charge in [0, 0.05) is 13.6 Å². The first kappa shape index (κ1) is 14.6. The zero-order valence-corrected chi connectivity index (χ0v) is 12.5. The fraction of sp³-hybridized carbons (Fsp3) is 0.235. The van der Waals surface area contributed by atoms with Crippen molar-refractivity contribution in [3.05, 3.63) is 70.2 Å². The Morgan fingerprint density at radius 1 is 1.05 bits per heavy atom. The van der Waals surface area contributed by atoms with Gasteiger partial charge in [-0.05, 0) is 29.7 Å². The molecule has 20 heavy (non-hydrogen) atoms. The number of amides is 1. The maximum atomic E-state index is 12.3. The molecule has 0 saturated heterocycles. The van der Waals surface area contributed by atoms with Crippen LogP contribution in [-0.4, -0.2) is 17.9 Å². The second-order valence-electron chi connectivity index (χ2n) is 4.81. The summed E-state index contributed by atoms with van der Waals surface area (Å²) in [5.74, 6) is -0.0600. The Bertz CT molecular complexity index is 592. The van der Waals surface area contributed by atoms with E-state index < -0.39 is 0 Å². The summed E-state index contributed by atoms with van der Waals surface area (Å²) in [6, 6.07) is 15.5. The molecule has 0 bridgehead atoms. The van der Waals surface area contributed by atoms with E-state index in [-0.39, 0.29) is 5.91 Å². The summed E-state index contributed by atoms with van der Waals surface area (Å²) >= 11 is 6.06. The van der Waals surface area contributed by atoms with Crippen LogP contribution in [0.3, 0.4) is 0 Å². The van der Waals surface area contributed by atoms with Gasteiger partial charge in [0.25, 0.3) is 5.91 Å². The van der Waals surface area contributed by atoms with E-state index in [9.17, 15) is 4.79 Å². The SMILES string of the molecule is CCc1ccc(CN(C)C(=O)c2ccccc2Cl)cc1. The Kier molecular flexibility index (Phi) is 4.80. The standard InChI is InChI=1S/C17H18ClNO/c1-3-13-8-10-14(11-9-13)12-19(2)17(20)15-6-4-5-7-16(15)18/h4-11H,3,12H2,1-2H3. The Labute approximate surface area is 125 Å². The van der Waals surface area contributed by atoms with Crippen LogP contribution < -0.4 is 0 Å². The van der Waals surface area contributed by atoms with Crippen molar-refractivity contribution in [2.24, 2.45) is 0 Å². The van der Waals surface area contributed by atoms with E-state index in [1.54, 1.807) is 24.1 Å². The highest BCUT2D eigenvalue weighted by Gasteiger charge is 2.14. The van der Waals surface area contributed by atoms with Crippen molar-refractivity contribution in [2.75, 3.05) is 7.05 Å². The highest BCUT2D eigenvalue weighted by Crippen LogP contribution is 2.17. The van der Waals surface area contributed by atoms with E-state index in [4.69, 9.17) is 11.6 Å². The molecule has 0 spiro atoms. The van der Waals surface area contributed by atoms with Gasteiger partial charge in [-0.2, -0.15) is 0 Å². The van der Waals surface area contributed by atoms with Gasteiger partial charge < -0.3 is 4.90 Å². The van der Waals surface area contributed by atoms with Crippen molar-refractivity contribution in [2.45, 2.75) is 19.9 Å². The van der Waals surface area contributed by atoms with Gasteiger partial charge in [0.1, 0.15) is 0 Å². The molecule has 2 aromatic carbocycles. The minimum atomic E-state index is -0.0600.